The number of carbonyl (C=O) groups excluding carboxylic acids is 1. The van der Waals surface area contributed by atoms with Gasteiger partial charge < -0.3 is 10.6 Å². The lowest BCUT2D eigenvalue weighted by Crippen LogP contribution is -2.37. The van der Waals surface area contributed by atoms with Gasteiger partial charge in [0.05, 0.1) is 4.90 Å². The molecular formula is C15H24ClN3O3S. The maximum absolute atomic E-state index is 12.6. The number of hydrogen-bond donors (Lipinski definition) is 1. The summed E-state index contributed by atoms with van der Waals surface area (Å²) in [7, 11) is -3.48. The largest absolute Gasteiger partial charge is 0.341 e. The maximum Gasteiger partial charge on any atom is 0.243 e. The van der Waals surface area contributed by atoms with Crippen molar-refractivity contribution in [3.63, 3.8) is 0 Å². The highest BCUT2D eigenvalue weighted by Crippen LogP contribution is 2.17. The molecule has 1 aliphatic heterocycles. The summed E-state index contributed by atoms with van der Waals surface area (Å²) in [5.74, 6) is 0.0596. The van der Waals surface area contributed by atoms with Gasteiger partial charge in [-0.1, -0.05) is 18.2 Å². The van der Waals surface area contributed by atoms with Crippen molar-refractivity contribution >= 4 is 28.3 Å². The molecule has 130 valence electrons. The molecule has 0 radical (unpaired) electrons. The predicted octanol–water partition coefficient (Wildman–Crippen LogP) is 1.07. The molecule has 0 spiro atoms. The van der Waals surface area contributed by atoms with Gasteiger partial charge in [-0.3, -0.25) is 4.79 Å². The van der Waals surface area contributed by atoms with Gasteiger partial charge in [0.1, 0.15) is 0 Å². The van der Waals surface area contributed by atoms with Crippen LogP contribution in [0.15, 0.2) is 35.2 Å². The molecule has 2 N–H and O–H groups in total. The van der Waals surface area contributed by atoms with Gasteiger partial charge in [-0.25, -0.2) is 8.42 Å². The number of carbonyl (C=O) groups is 1. The number of benzene rings is 1. The second-order valence-electron chi connectivity index (χ2n) is 5.34. The third-order valence-corrected chi connectivity index (χ3v) is 5.70. The van der Waals surface area contributed by atoms with Crippen molar-refractivity contribution in [2.24, 2.45) is 5.73 Å². The molecule has 1 heterocycles. The molecule has 1 aromatic rings. The summed E-state index contributed by atoms with van der Waals surface area (Å²) in [5, 5.41) is 0. The Hall–Kier alpha value is -1.15. The molecule has 0 unspecified atom stereocenters. The Morgan fingerprint density at radius 3 is 2.43 bits per heavy atom. The van der Waals surface area contributed by atoms with Crippen molar-refractivity contribution in [2.45, 2.75) is 24.2 Å². The van der Waals surface area contributed by atoms with E-state index in [9.17, 15) is 13.2 Å². The summed E-state index contributed by atoms with van der Waals surface area (Å²) in [4.78, 5) is 14.1. The minimum absolute atomic E-state index is 0. The van der Waals surface area contributed by atoms with Crippen molar-refractivity contribution in [3.8, 4) is 0 Å². The molecule has 0 saturated carbocycles. The highest BCUT2D eigenvalue weighted by molar-refractivity contribution is 7.89. The number of amides is 1. The summed E-state index contributed by atoms with van der Waals surface area (Å²) in [5.41, 5.74) is 5.42. The molecule has 0 aliphatic carbocycles. The Bertz CT molecular complexity index is 595. The minimum Gasteiger partial charge on any atom is -0.341 e. The number of rotatable bonds is 5. The van der Waals surface area contributed by atoms with Crippen LogP contribution in [0.2, 0.25) is 0 Å². The molecule has 0 bridgehead atoms. The third-order valence-electron chi connectivity index (χ3n) is 3.78. The summed E-state index contributed by atoms with van der Waals surface area (Å²) in [6, 6.07) is 8.43. The molecule has 1 amide bonds. The molecular weight excluding hydrogens is 338 g/mol. The maximum atomic E-state index is 12.6. The van der Waals surface area contributed by atoms with Gasteiger partial charge >= 0.3 is 0 Å². The first-order valence-corrected chi connectivity index (χ1v) is 9.03. The summed E-state index contributed by atoms with van der Waals surface area (Å²) in [6.07, 6.45) is 1.75. The Labute approximate surface area is 144 Å². The Balaban J connectivity index is 0.00000264. The van der Waals surface area contributed by atoms with Crippen molar-refractivity contribution in [3.05, 3.63) is 30.3 Å². The van der Waals surface area contributed by atoms with Crippen LogP contribution in [0.25, 0.3) is 0 Å². The van der Waals surface area contributed by atoms with E-state index in [1.54, 1.807) is 35.2 Å². The first-order valence-electron chi connectivity index (χ1n) is 7.59. The molecule has 1 aliphatic rings. The standard InChI is InChI=1S/C15H23N3O3S.ClH/c16-9-4-8-15(19)17-10-5-11-18(13-12-17)22(20,21)14-6-2-1-3-7-14;/h1-3,6-7H,4-5,8-13,16H2;1H. The van der Waals surface area contributed by atoms with Crippen molar-refractivity contribution in [2.75, 3.05) is 32.7 Å². The number of nitrogens with two attached hydrogens (primary N) is 1. The van der Waals surface area contributed by atoms with E-state index in [-0.39, 0.29) is 18.3 Å². The molecule has 23 heavy (non-hydrogen) atoms. The van der Waals surface area contributed by atoms with E-state index in [1.165, 1.54) is 4.31 Å². The van der Waals surface area contributed by atoms with Crippen LogP contribution >= 0.6 is 12.4 Å². The average Bonchev–Trinajstić information content (AvgIpc) is 2.80. The number of nitrogens with zero attached hydrogens (tertiary/aromatic N) is 2. The fraction of sp³-hybridized carbons (Fsp3) is 0.533. The normalized spacial score (nSPS) is 16.5. The zero-order valence-electron chi connectivity index (χ0n) is 13.1. The number of sulfonamides is 1. The quantitative estimate of drug-likeness (QED) is 0.850. The summed E-state index contributed by atoms with van der Waals surface area (Å²) < 4.78 is 26.7. The van der Waals surface area contributed by atoms with E-state index >= 15 is 0 Å². The molecule has 2 rings (SSSR count). The SMILES string of the molecule is Cl.NCCCC(=O)N1CCCN(S(=O)(=O)c2ccccc2)CC1. The molecule has 1 fully saturated rings. The van der Waals surface area contributed by atoms with E-state index in [0.29, 0.717) is 56.9 Å². The van der Waals surface area contributed by atoms with Gasteiger partial charge in [-0.05, 0) is 31.5 Å². The lowest BCUT2D eigenvalue weighted by Gasteiger charge is -2.22. The highest BCUT2D eigenvalue weighted by Gasteiger charge is 2.27. The lowest BCUT2D eigenvalue weighted by atomic mass is 10.2. The van der Waals surface area contributed by atoms with Crippen molar-refractivity contribution in [1.82, 2.24) is 9.21 Å². The van der Waals surface area contributed by atoms with E-state index in [0.717, 1.165) is 0 Å². The molecule has 0 atom stereocenters. The van der Waals surface area contributed by atoms with Gasteiger partial charge in [0.25, 0.3) is 0 Å². The van der Waals surface area contributed by atoms with E-state index < -0.39 is 10.0 Å². The fourth-order valence-corrected chi connectivity index (χ4v) is 4.03. The molecule has 8 heteroatoms. The lowest BCUT2D eigenvalue weighted by molar-refractivity contribution is -0.131. The third kappa shape index (κ3) is 5.17. The van der Waals surface area contributed by atoms with Crippen LogP contribution in [0.1, 0.15) is 19.3 Å². The molecule has 6 nitrogen and oxygen atoms in total. The van der Waals surface area contributed by atoms with Crippen LogP contribution in [0, 0.1) is 0 Å². The van der Waals surface area contributed by atoms with E-state index in [4.69, 9.17) is 5.73 Å². The molecule has 1 aromatic carbocycles. The van der Waals surface area contributed by atoms with Gasteiger partial charge in [0, 0.05) is 32.6 Å². The van der Waals surface area contributed by atoms with Crippen LogP contribution in [0.3, 0.4) is 0 Å². The number of hydrogen-bond acceptors (Lipinski definition) is 4. The highest BCUT2D eigenvalue weighted by atomic mass is 35.5. The summed E-state index contributed by atoms with van der Waals surface area (Å²) >= 11 is 0. The number of halogens is 1. The average molecular weight is 362 g/mol. The Morgan fingerprint density at radius 2 is 1.78 bits per heavy atom. The van der Waals surface area contributed by atoms with Crippen LogP contribution in [0.5, 0.6) is 0 Å². The first-order chi connectivity index (χ1) is 10.6. The van der Waals surface area contributed by atoms with Crippen LogP contribution in [-0.4, -0.2) is 56.3 Å². The second-order valence-corrected chi connectivity index (χ2v) is 7.28. The first kappa shape index (κ1) is 19.9. The minimum atomic E-state index is -3.48. The van der Waals surface area contributed by atoms with Crippen LogP contribution in [0.4, 0.5) is 0 Å². The van der Waals surface area contributed by atoms with E-state index in [1.807, 2.05) is 0 Å². The van der Waals surface area contributed by atoms with Crippen LogP contribution < -0.4 is 5.73 Å². The molecule has 1 saturated heterocycles. The van der Waals surface area contributed by atoms with Gasteiger partial charge in [0.15, 0.2) is 0 Å². The summed E-state index contributed by atoms with van der Waals surface area (Å²) in [6.45, 7) is 2.32. The topological polar surface area (TPSA) is 83.7 Å². The van der Waals surface area contributed by atoms with Gasteiger partial charge in [0.2, 0.25) is 15.9 Å². The predicted molar refractivity (Wildman–Crippen MR) is 91.9 cm³/mol. The Morgan fingerprint density at radius 1 is 1.09 bits per heavy atom. The molecule has 0 aromatic heterocycles. The second kappa shape index (κ2) is 9.22. The van der Waals surface area contributed by atoms with Crippen LogP contribution in [-0.2, 0) is 14.8 Å². The van der Waals surface area contributed by atoms with Gasteiger partial charge in [-0.2, -0.15) is 4.31 Å². The van der Waals surface area contributed by atoms with Crippen molar-refractivity contribution in [1.29, 1.82) is 0 Å². The van der Waals surface area contributed by atoms with Gasteiger partial charge in [-0.15, -0.1) is 12.4 Å². The fourth-order valence-electron chi connectivity index (χ4n) is 2.54. The smallest absolute Gasteiger partial charge is 0.243 e. The monoisotopic (exact) mass is 361 g/mol. The Kier molecular flexibility index (Phi) is 7.98. The van der Waals surface area contributed by atoms with Crippen molar-refractivity contribution < 1.29 is 13.2 Å². The zero-order valence-corrected chi connectivity index (χ0v) is 14.7. The van der Waals surface area contributed by atoms with E-state index in [2.05, 4.69) is 0 Å². The zero-order chi connectivity index (χ0) is 16.0.